The Bertz CT molecular complexity index is 777. The molecule has 0 rings (SSSR count). The van der Waals surface area contributed by atoms with Crippen molar-refractivity contribution in [1.29, 1.82) is 0 Å². The Kier molecular flexibility index (Phi) is 42.0. The first-order chi connectivity index (χ1) is 27.7. The average Bonchev–Trinajstić information content (AvgIpc) is 3.18. The zero-order valence-corrected chi connectivity index (χ0v) is 39.4. The van der Waals surface area contributed by atoms with Gasteiger partial charge in [0, 0.05) is 12.8 Å². The molecular weight excluding hydrogens is 711 g/mol. The van der Waals surface area contributed by atoms with Gasteiger partial charge in [0.1, 0.15) is 0 Å². The predicted octanol–water partition coefficient (Wildman–Crippen LogP) is 14.6. The van der Waals surface area contributed by atoms with E-state index >= 15 is 0 Å². The molecule has 0 aromatic rings. The van der Waals surface area contributed by atoms with E-state index in [4.69, 9.17) is 18.9 Å². The van der Waals surface area contributed by atoms with Gasteiger partial charge in [-0.3, -0.25) is 9.59 Å². The van der Waals surface area contributed by atoms with Crippen molar-refractivity contribution in [2.75, 3.05) is 40.5 Å². The Hall–Kier alpha value is -1.18. The molecule has 0 amide bonds. The lowest BCUT2D eigenvalue weighted by molar-refractivity contribution is -0.164. The molecule has 1 unspecified atom stereocenters. The van der Waals surface area contributed by atoms with Crippen LogP contribution < -0.4 is 0 Å². The molecule has 0 fully saturated rings. The predicted molar refractivity (Wildman–Crippen MR) is 243 cm³/mol. The van der Waals surface area contributed by atoms with Gasteiger partial charge < -0.3 is 23.8 Å². The van der Waals surface area contributed by atoms with E-state index in [1.807, 2.05) is 6.92 Å². The maximum atomic E-state index is 12.4. The van der Waals surface area contributed by atoms with Crippen molar-refractivity contribution >= 4 is 11.9 Å². The molecule has 0 aromatic carbocycles. The molecule has 0 saturated heterocycles. The summed E-state index contributed by atoms with van der Waals surface area (Å²) in [5.41, 5.74) is 0. The van der Waals surface area contributed by atoms with Crippen molar-refractivity contribution in [3.8, 4) is 0 Å². The third-order valence-corrected chi connectivity index (χ3v) is 11.7. The van der Waals surface area contributed by atoms with Crippen molar-refractivity contribution in [2.24, 2.45) is 11.8 Å². The fraction of sp³-hybridized carbons (Fsp3) is 0.960. The molecule has 0 saturated carbocycles. The molecule has 7 nitrogen and oxygen atoms in total. The number of hydrogen-bond donors (Lipinski definition) is 0. The van der Waals surface area contributed by atoms with Gasteiger partial charge in [0.2, 0.25) is 0 Å². The fourth-order valence-corrected chi connectivity index (χ4v) is 7.99. The number of nitrogens with zero attached hydrogens (tertiary/aromatic N) is 1. The van der Waals surface area contributed by atoms with Crippen LogP contribution in [0.2, 0.25) is 0 Å². The number of unbranched alkanes of at least 4 members (excludes halogenated alkanes) is 16. The number of esters is 2. The second kappa shape index (κ2) is 42.9. The van der Waals surface area contributed by atoms with Crippen LogP contribution in [0, 0.1) is 11.8 Å². The average molecular weight is 810 g/mol. The zero-order valence-electron chi connectivity index (χ0n) is 39.4. The molecule has 0 spiro atoms. The summed E-state index contributed by atoms with van der Waals surface area (Å²) >= 11 is 0. The van der Waals surface area contributed by atoms with Crippen molar-refractivity contribution in [3.63, 3.8) is 0 Å². The van der Waals surface area contributed by atoms with Crippen molar-refractivity contribution in [1.82, 2.24) is 4.90 Å². The lowest BCUT2D eigenvalue weighted by Gasteiger charge is -2.23. The molecule has 0 aliphatic carbocycles. The molecule has 340 valence electrons. The minimum absolute atomic E-state index is 0.0153. The second-order valence-electron chi connectivity index (χ2n) is 17.7. The summed E-state index contributed by atoms with van der Waals surface area (Å²) in [6.45, 7) is 14.0. The van der Waals surface area contributed by atoms with Crippen LogP contribution in [0.25, 0.3) is 0 Å². The fourth-order valence-electron chi connectivity index (χ4n) is 7.99. The molecular formula is C50H99NO6. The molecule has 0 heterocycles. The van der Waals surface area contributed by atoms with Crippen LogP contribution in [0.15, 0.2) is 0 Å². The van der Waals surface area contributed by atoms with Crippen LogP contribution in [-0.4, -0.2) is 69.7 Å². The number of carbonyl (C=O) groups excluding carboxylic acids is 2. The molecule has 57 heavy (non-hydrogen) atoms. The Labute approximate surface area is 355 Å². The standard InChI is InChI=1S/C50H99NO6/c1-8-12-22-31-46(32-23-13-9-2)39-43-55-49(52)37-28-20-16-18-26-35-48(57-45(5)54-42-30-41-51(6)7)36-27-19-17-21-29-38-50(53)56-44-40-47(33-24-14-10-3)34-25-15-11-4/h45-48H,8-44H2,1-7H3. The van der Waals surface area contributed by atoms with Crippen molar-refractivity contribution in [2.45, 2.75) is 259 Å². The Balaban J connectivity index is 4.38. The Morgan fingerprint density at radius 1 is 0.439 bits per heavy atom. The number of rotatable bonds is 45. The highest BCUT2D eigenvalue weighted by atomic mass is 16.7. The van der Waals surface area contributed by atoms with Crippen LogP contribution in [0.3, 0.4) is 0 Å². The number of carbonyl (C=O) groups is 2. The molecule has 0 aromatic heterocycles. The van der Waals surface area contributed by atoms with E-state index in [9.17, 15) is 9.59 Å². The Morgan fingerprint density at radius 2 is 0.807 bits per heavy atom. The molecule has 7 heteroatoms. The molecule has 0 N–H and O–H groups in total. The van der Waals surface area contributed by atoms with E-state index in [1.54, 1.807) is 0 Å². The van der Waals surface area contributed by atoms with E-state index in [-0.39, 0.29) is 24.3 Å². The summed E-state index contributed by atoms with van der Waals surface area (Å²) in [5.74, 6) is 1.38. The van der Waals surface area contributed by atoms with Gasteiger partial charge in [-0.25, -0.2) is 0 Å². The van der Waals surface area contributed by atoms with E-state index < -0.39 is 0 Å². The summed E-state index contributed by atoms with van der Waals surface area (Å²) in [7, 11) is 4.19. The monoisotopic (exact) mass is 810 g/mol. The lowest BCUT2D eigenvalue weighted by Crippen LogP contribution is -2.24. The smallest absolute Gasteiger partial charge is 0.305 e. The van der Waals surface area contributed by atoms with Crippen LogP contribution in [-0.2, 0) is 28.5 Å². The maximum absolute atomic E-state index is 12.4. The summed E-state index contributed by atoms with van der Waals surface area (Å²) < 4.78 is 23.8. The van der Waals surface area contributed by atoms with Gasteiger partial charge in [-0.05, 0) is 84.3 Å². The highest BCUT2D eigenvalue weighted by molar-refractivity contribution is 5.69. The molecule has 0 aliphatic rings. The summed E-state index contributed by atoms with van der Waals surface area (Å²) in [6, 6.07) is 0. The van der Waals surface area contributed by atoms with E-state index in [0.29, 0.717) is 44.5 Å². The van der Waals surface area contributed by atoms with Crippen molar-refractivity contribution in [3.05, 3.63) is 0 Å². The summed E-state index contributed by atoms with van der Waals surface area (Å²) in [6.07, 6.45) is 37.8. The third-order valence-electron chi connectivity index (χ3n) is 11.7. The zero-order chi connectivity index (χ0) is 42.0. The largest absolute Gasteiger partial charge is 0.466 e. The first-order valence-electron chi connectivity index (χ1n) is 25.0. The lowest BCUT2D eigenvalue weighted by atomic mass is 9.92. The second-order valence-corrected chi connectivity index (χ2v) is 17.7. The minimum Gasteiger partial charge on any atom is -0.466 e. The first-order valence-corrected chi connectivity index (χ1v) is 25.0. The molecule has 1 atom stereocenters. The number of hydrogen-bond acceptors (Lipinski definition) is 7. The Morgan fingerprint density at radius 3 is 1.19 bits per heavy atom. The van der Waals surface area contributed by atoms with Gasteiger partial charge >= 0.3 is 11.9 Å². The quantitative estimate of drug-likeness (QED) is 0.0344. The van der Waals surface area contributed by atoms with E-state index in [2.05, 4.69) is 46.7 Å². The SMILES string of the molecule is CCCCCC(CCCCC)CCOC(=O)CCCCCCCC(CCCCCCCC(=O)OCCC(CCCCC)CCCCC)OC(C)OCCCN(C)C. The number of ether oxygens (including phenoxy) is 4. The van der Waals surface area contributed by atoms with Gasteiger partial charge in [-0.1, -0.05) is 182 Å². The minimum atomic E-state index is -0.194. The van der Waals surface area contributed by atoms with Gasteiger partial charge in [0.05, 0.1) is 25.9 Å². The topological polar surface area (TPSA) is 74.3 Å². The van der Waals surface area contributed by atoms with Gasteiger partial charge in [-0.2, -0.15) is 0 Å². The van der Waals surface area contributed by atoms with Crippen molar-refractivity contribution < 1.29 is 28.5 Å². The first kappa shape index (κ1) is 55.8. The van der Waals surface area contributed by atoms with Crippen LogP contribution in [0.1, 0.15) is 247 Å². The van der Waals surface area contributed by atoms with Crippen LogP contribution in [0.5, 0.6) is 0 Å². The summed E-state index contributed by atoms with van der Waals surface area (Å²) in [4.78, 5) is 27.0. The maximum Gasteiger partial charge on any atom is 0.305 e. The molecule has 0 bridgehead atoms. The van der Waals surface area contributed by atoms with Crippen LogP contribution in [0.4, 0.5) is 0 Å². The summed E-state index contributed by atoms with van der Waals surface area (Å²) in [5, 5.41) is 0. The van der Waals surface area contributed by atoms with E-state index in [1.165, 1.54) is 116 Å². The normalized spacial score (nSPS) is 12.4. The third kappa shape index (κ3) is 40.0. The van der Waals surface area contributed by atoms with Gasteiger partial charge in [-0.15, -0.1) is 0 Å². The highest BCUT2D eigenvalue weighted by Crippen LogP contribution is 2.23. The van der Waals surface area contributed by atoms with Gasteiger partial charge in [0.15, 0.2) is 6.29 Å². The van der Waals surface area contributed by atoms with Crippen LogP contribution >= 0.6 is 0 Å². The molecule has 0 radical (unpaired) electrons. The van der Waals surface area contributed by atoms with E-state index in [0.717, 1.165) is 90.0 Å². The van der Waals surface area contributed by atoms with Gasteiger partial charge in [0.25, 0.3) is 0 Å². The molecule has 0 aliphatic heterocycles. The highest BCUT2D eigenvalue weighted by Gasteiger charge is 2.15.